The average Bonchev–Trinajstić information content (AvgIpc) is 1.85. The van der Waals surface area contributed by atoms with Gasteiger partial charge in [-0.05, 0) is 20.9 Å². The summed E-state index contributed by atoms with van der Waals surface area (Å²) in [4.78, 5) is 0. The Bertz CT molecular complexity index is 173. The summed E-state index contributed by atoms with van der Waals surface area (Å²) in [7, 11) is -1.83. The quantitative estimate of drug-likeness (QED) is 0.637. The number of hydrogen-bond donors (Lipinski definition) is 1. The van der Waals surface area contributed by atoms with Gasteiger partial charge in [-0.3, -0.25) is 0 Å². The Balaban J connectivity index is 3.70. The van der Waals surface area contributed by atoms with Crippen LogP contribution in [0.15, 0.2) is 0 Å². The van der Waals surface area contributed by atoms with Gasteiger partial charge < -0.3 is 4.74 Å². The molecular formula is C5H13NO3S. The lowest BCUT2D eigenvalue weighted by molar-refractivity contribution is 0.115. The Kier molecular flexibility index (Phi) is 3.85. The van der Waals surface area contributed by atoms with Gasteiger partial charge in [-0.2, -0.15) is 0 Å². The molecule has 10 heavy (non-hydrogen) atoms. The van der Waals surface area contributed by atoms with Gasteiger partial charge >= 0.3 is 0 Å². The molecule has 4 nitrogen and oxygen atoms in total. The summed E-state index contributed by atoms with van der Waals surface area (Å²) in [6, 6.07) is 0. The van der Waals surface area contributed by atoms with Crippen LogP contribution >= 0.6 is 0 Å². The maximum Gasteiger partial charge on any atom is 0.235 e. The molecule has 0 aromatic heterocycles. The van der Waals surface area contributed by atoms with E-state index in [0.717, 1.165) is 0 Å². The standard InChI is InChI=1S/C5H13NO3S/c1-5(2)9-4-10(7,8)6-3/h5-6H,4H2,1-3H3. The first-order chi connectivity index (χ1) is 4.48. The second-order valence-corrected chi connectivity index (χ2v) is 4.03. The van der Waals surface area contributed by atoms with Gasteiger partial charge in [-0.1, -0.05) is 0 Å². The summed E-state index contributed by atoms with van der Waals surface area (Å²) in [6.07, 6.45) is -0.0527. The lowest BCUT2D eigenvalue weighted by Gasteiger charge is -2.06. The van der Waals surface area contributed by atoms with E-state index in [9.17, 15) is 8.42 Å². The van der Waals surface area contributed by atoms with Crippen molar-refractivity contribution in [2.75, 3.05) is 13.0 Å². The van der Waals surface area contributed by atoms with Gasteiger partial charge in [-0.25, -0.2) is 13.1 Å². The van der Waals surface area contributed by atoms with Crippen molar-refractivity contribution in [3.05, 3.63) is 0 Å². The zero-order chi connectivity index (χ0) is 8.20. The van der Waals surface area contributed by atoms with Crippen LogP contribution in [0.4, 0.5) is 0 Å². The fourth-order valence-electron chi connectivity index (χ4n) is 0.285. The molecule has 0 radical (unpaired) electrons. The van der Waals surface area contributed by atoms with E-state index in [4.69, 9.17) is 4.74 Å². The molecule has 0 saturated heterocycles. The van der Waals surface area contributed by atoms with Gasteiger partial charge in [0.15, 0.2) is 5.94 Å². The Morgan fingerprint density at radius 3 is 2.30 bits per heavy atom. The summed E-state index contributed by atoms with van der Waals surface area (Å²) in [5.74, 6) is -0.263. The van der Waals surface area contributed by atoms with Crippen molar-refractivity contribution in [2.24, 2.45) is 0 Å². The predicted octanol–water partition coefficient (Wildman–Crippen LogP) is -0.0819. The second kappa shape index (κ2) is 3.90. The third-order valence-corrected chi connectivity index (χ3v) is 1.94. The van der Waals surface area contributed by atoms with Crippen molar-refractivity contribution in [3.8, 4) is 0 Å². The van der Waals surface area contributed by atoms with E-state index in [-0.39, 0.29) is 12.0 Å². The highest BCUT2D eigenvalue weighted by Crippen LogP contribution is 1.90. The minimum atomic E-state index is -3.19. The summed E-state index contributed by atoms with van der Waals surface area (Å²) in [5, 5.41) is 0. The fraction of sp³-hybridized carbons (Fsp3) is 1.00. The molecule has 0 heterocycles. The van der Waals surface area contributed by atoms with Crippen molar-refractivity contribution >= 4 is 10.0 Å². The maximum absolute atomic E-state index is 10.7. The Morgan fingerprint density at radius 1 is 1.50 bits per heavy atom. The van der Waals surface area contributed by atoms with Crippen LogP contribution < -0.4 is 4.72 Å². The van der Waals surface area contributed by atoms with Gasteiger partial charge in [0, 0.05) is 0 Å². The molecule has 0 fully saturated rings. The molecule has 1 N–H and O–H groups in total. The molecule has 0 aliphatic carbocycles. The van der Waals surface area contributed by atoms with Gasteiger partial charge in [0.25, 0.3) is 0 Å². The van der Waals surface area contributed by atoms with E-state index in [1.165, 1.54) is 7.05 Å². The lowest BCUT2D eigenvalue weighted by Crippen LogP contribution is -2.25. The fourth-order valence-corrected chi connectivity index (χ4v) is 0.854. The van der Waals surface area contributed by atoms with Crippen LogP contribution in [0.25, 0.3) is 0 Å². The van der Waals surface area contributed by atoms with E-state index in [0.29, 0.717) is 0 Å². The highest BCUT2D eigenvalue weighted by molar-refractivity contribution is 7.89. The first-order valence-electron chi connectivity index (χ1n) is 3.01. The van der Waals surface area contributed by atoms with Gasteiger partial charge in [0.1, 0.15) is 0 Å². The van der Waals surface area contributed by atoms with Crippen LogP contribution in [0.3, 0.4) is 0 Å². The first kappa shape index (κ1) is 9.87. The Morgan fingerprint density at radius 2 is 2.00 bits per heavy atom. The Labute approximate surface area is 61.6 Å². The van der Waals surface area contributed by atoms with E-state index < -0.39 is 10.0 Å². The SMILES string of the molecule is CNS(=O)(=O)COC(C)C. The van der Waals surface area contributed by atoms with Crippen molar-refractivity contribution in [1.29, 1.82) is 0 Å². The van der Waals surface area contributed by atoms with E-state index in [2.05, 4.69) is 4.72 Å². The molecule has 0 spiro atoms. The zero-order valence-corrected chi connectivity index (χ0v) is 7.23. The number of ether oxygens (including phenoxy) is 1. The largest absolute Gasteiger partial charge is 0.361 e. The summed E-state index contributed by atoms with van der Waals surface area (Å²) >= 11 is 0. The summed E-state index contributed by atoms with van der Waals surface area (Å²) in [5.41, 5.74) is 0. The first-order valence-corrected chi connectivity index (χ1v) is 4.66. The lowest BCUT2D eigenvalue weighted by atomic mass is 10.5. The molecule has 0 rings (SSSR count). The summed E-state index contributed by atoms with van der Waals surface area (Å²) < 4.78 is 28.3. The molecular weight excluding hydrogens is 154 g/mol. The molecule has 0 aromatic rings. The third-order valence-electron chi connectivity index (χ3n) is 0.868. The highest BCUT2D eigenvalue weighted by Gasteiger charge is 2.06. The highest BCUT2D eigenvalue weighted by atomic mass is 32.2. The van der Waals surface area contributed by atoms with Crippen LogP contribution in [0.2, 0.25) is 0 Å². The van der Waals surface area contributed by atoms with Crippen molar-refractivity contribution in [1.82, 2.24) is 4.72 Å². The van der Waals surface area contributed by atoms with Crippen LogP contribution in [-0.4, -0.2) is 27.5 Å². The second-order valence-electron chi connectivity index (χ2n) is 2.15. The smallest absolute Gasteiger partial charge is 0.235 e. The van der Waals surface area contributed by atoms with E-state index in [1.54, 1.807) is 13.8 Å². The molecule has 0 amide bonds. The normalized spacial score (nSPS) is 12.4. The van der Waals surface area contributed by atoms with Gasteiger partial charge in [0.2, 0.25) is 10.0 Å². The minimum absolute atomic E-state index is 0.0527. The van der Waals surface area contributed by atoms with Crippen LogP contribution in [0, 0.1) is 0 Å². The minimum Gasteiger partial charge on any atom is -0.361 e. The molecule has 0 aliphatic rings. The molecule has 0 saturated carbocycles. The average molecular weight is 167 g/mol. The third kappa shape index (κ3) is 4.72. The van der Waals surface area contributed by atoms with Gasteiger partial charge in [0.05, 0.1) is 6.10 Å². The molecule has 0 aromatic carbocycles. The van der Waals surface area contributed by atoms with E-state index >= 15 is 0 Å². The Hall–Kier alpha value is -0.130. The molecule has 62 valence electrons. The molecule has 0 bridgehead atoms. The number of rotatable bonds is 4. The topological polar surface area (TPSA) is 55.4 Å². The van der Waals surface area contributed by atoms with Crippen molar-refractivity contribution in [2.45, 2.75) is 20.0 Å². The monoisotopic (exact) mass is 167 g/mol. The van der Waals surface area contributed by atoms with Crippen LogP contribution in [-0.2, 0) is 14.8 Å². The molecule has 0 aliphatic heterocycles. The predicted molar refractivity (Wildman–Crippen MR) is 39.1 cm³/mol. The number of hydrogen-bond acceptors (Lipinski definition) is 3. The summed E-state index contributed by atoms with van der Waals surface area (Å²) in [6.45, 7) is 3.57. The number of nitrogens with one attached hydrogen (secondary N) is 1. The number of sulfonamides is 1. The van der Waals surface area contributed by atoms with E-state index in [1.807, 2.05) is 0 Å². The zero-order valence-electron chi connectivity index (χ0n) is 6.42. The van der Waals surface area contributed by atoms with Crippen LogP contribution in [0.5, 0.6) is 0 Å². The molecule has 0 unspecified atom stereocenters. The maximum atomic E-state index is 10.7. The van der Waals surface area contributed by atoms with Crippen molar-refractivity contribution < 1.29 is 13.2 Å². The molecule has 5 heteroatoms. The van der Waals surface area contributed by atoms with Crippen LogP contribution in [0.1, 0.15) is 13.8 Å². The van der Waals surface area contributed by atoms with Crippen molar-refractivity contribution in [3.63, 3.8) is 0 Å². The molecule has 0 atom stereocenters. The van der Waals surface area contributed by atoms with Gasteiger partial charge in [-0.15, -0.1) is 0 Å².